The van der Waals surface area contributed by atoms with Gasteiger partial charge in [0.2, 0.25) is 5.95 Å². The van der Waals surface area contributed by atoms with Gasteiger partial charge >= 0.3 is 0 Å². The lowest BCUT2D eigenvalue weighted by molar-refractivity contribution is 0.569. The Morgan fingerprint density at radius 2 is 1.95 bits per heavy atom. The first-order valence-electron chi connectivity index (χ1n) is 7.00. The van der Waals surface area contributed by atoms with Crippen LogP contribution in [0.5, 0.6) is 0 Å². The Kier molecular flexibility index (Phi) is 4.46. The van der Waals surface area contributed by atoms with E-state index < -0.39 is 0 Å². The van der Waals surface area contributed by atoms with Crippen LogP contribution in [0.1, 0.15) is 44.4 Å². The molecule has 0 aliphatic rings. The summed E-state index contributed by atoms with van der Waals surface area (Å²) in [7, 11) is 3.86. The smallest absolute Gasteiger partial charge is 0.226 e. The van der Waals surface area contributed by atoms with Gasteiger partial charge in [0.05, 0.1) is 11.7 Å². The first-order chi connectivity index (χ1) is 9.77. The highest BCUT2D eigenvalue weighted by molar-refractivity contribution is 7.09. The number of hydrogen-bond donors (Lipinski definition) is 1. The van der Waals surface area contributed by atoms with Crippen molar-refractivity contribution in [2.75, 3.05) is 24.3 Å². The second kappa shape index (κ2) is 5.97. The molecule has 0 aliphatic carbocycles. The first-order valence-corrected chi connectivity index (χ1v) is 7.88. The van der Waals surface area contributed by atoms with Crippen molar-refractivity contribution in [1.82, 2.24) is 15.0 Å². The van der Waals surface area contributed by atoms with Crippen LogP contribution in [0, 0.1) is 0 Å². The van der Waals surface area contributed by atoms with E-state index in [0.717, 1.165) is 16.5 Å². The van der Waals surface area contributed by atoms with Crippen LogP contribution in [-0.4, -0.2) is 29.0 Å². The van der Waals surface area contributed by atoms with Crippen molar-refractivity contribution < 1.29 is 0 Å². The summed E-state index contributed by atoms with van der Waals surface area (Å²) in [5.74, 6) is 1.51. The molecule has 0 saturated heterocycles. The largest absolute Gasteiger partial charge is 0.361 e. The highest BCUT2D eigenvalue weighted by atomic mass is 32.1. The number of nitrogens with one attached hydrogen (secondary N) is 1. The molecule has 0 aromatic carbocycles. The number of nitrogens with zero attached hydrogens (tertiary/aromatic N) is 4. The predicted octanol–water partition coefficient (Wildman–Crippen LogP) is 3.47. The number of rotatable bonds is 4. The first kappa shape index (κ1) is 15.7. The van der Waals surface area contributed by atoms with E-state index in [4.69, 9.17) is 4.98 Å². The molecule has 0 fully saturated rings. The average Bonchev–Trinajstić information content (AvgIpc) is 2.88. The standard InChI is InChI=1S/C15H23N5S/c1-10(13-18-11(9-21-13)15(2,3)4)17-12-7-8-16-14(19-12)20(5)6/h7-10H,1-6H3,(H,16,17,19). The van der Waals surface area contributed by atoms with Gasteiger partial charge in [-0.05, 0) is 13.0 Å². The predicted molar refractivity (Wildman–Crippen MR) is 89.2 cm³/mol. The molecule has 2 aromatic heterocycles. The number of anilines is 2. The Bertz CT molecular complexity index is 600. The zero-order valence-electron chi connectivity index (χ0n) is 13.5. The van der Waals surface area contributed by atoms with Gasteiger partial charge in [0.15, 0.2) is 0 Å². The fraction of sp³-hybridized carbons (Fsp3) is 0.533. The zero-order valence-corrected chi connectivity index (χ0v) is 14.3. The molecule has 0 aliphatic heterocycles. The number of thiazole rings is 1. The molecule has 114 valence electrons. The van der Waals surface area contributed by atoms with Crippen LogP contribution in [0.2, 0.25) is 0 Å². The summed E-state index contributed by atoms with van der Waals surface area (Å²) in [6.07, 6.45) is 1.76. The third kappa shape index (κ3) is 3.91. The van der Waals surface area contributed by atoms with Crippen LogP contribution in [0.25, 0.3) is 0 Å². The maximum atomic E-state index is 4.74. The van der Waals surface area contributed by atoms with E-state index in [2.05, 4.69) is 48.4 Å². The van der Waals surface area contributed by atoms with E-state index in [1.807, 2.05) is 25.1 Å². The molecule has 2 aromatic rings. The molecule has 1 unspecified atom stereocenters. The van der Waals surface area contributed by atoms with Crippen molar-refractivity contribution in [3.8, 4) is 0 Å². The highest BCUT2D eigenvalue weighted by Gasteiger charge is 2.19. The molecule has 2 rings (SSSR count). The second-order valence-corrected chi connectivity index (χ2v) is 7.21. The van der Waals surface area contributed by atoms with E-state index in [9.17, 15) is 0 Å². The van der Waals surface area contributed by atoms with Gasteiger partial charge in [-0.3, -0.25) is 0 Å². The van der Waals surface area contributed by atoms with E-state index >= 15 is 0 Å². The molecule has 6 heteroatoms. The van der Waals surface area contributed by atoms with E-state index in [1.54, 1.807) is 17.5 Å². The minimum Gasteiger partial charge on any atom is -0.361 e. The van der Waals surface area contributed by atoms with E-state index in [-0.39, 0.29) is 11.5 Å². The lowest BCUT2D eigenvalue weighted by Crippen LogP contribution is -2.15. The molecule has 5 nitrogen and oxygen atoms in total. The Labute approximate surface area is 130 Å². The molecule has 1 N–H and O–H groups in total. The fourth-order valence-electron chi connectivity index (χ4n) is 1.76. The zero-order chi connectivity index (χ0) is 15.6. The Balaban J connectivity index is 2.12. The summed E-state index contributed by atoms with van der Waals surface area (Å²) >= 11 is 1.69. The van der Waals surface area contributed by atoms with Crippen molar-refractivity contribution in [1.29, 1.82) is 0 Å². The van der Waals surface area contributed by atoms with Gasteiger partial charge in [0, 0.05) is 31.1 Å². The van der Waals surface area contributed by atoms with Crippen LogP contribution in [0.4, 0.5) is 11.8 Å². The third-order valence-corrected chi connectivity index (χ3v) is 4.10. The monoisotopic (exact) mass is 305 g/mol. The highest BCUT2D eigenvalue weighted by Crippen LogP contribution is 2.28. The average molecular weight is 305 g/mol. The minimum atomic E-state index is 0.0848. The van der Waals surface area contributed by atoms with Crippen molar-refractivity contribution >= 4 is 23.1 Å². The minimum absolute atomic E-state index is 0.0848. The molecule has 1 atom stereocenters. The van der Waals surface area contributed by atoms with Crippen molar-refractivity contribution in [3.63, 3.8) is 0 Å². The van der Waals surface area contributed by atoms with Gasteiger partial charge in [0.1, 0.15) is 10.8 Å². The number of aromatic nitrogens is 3. The van der Waals surface area contributed by atoms with Crippen LogP contribution in [-0.2, 0) is 5.41 Å². The van der Waals surface area contributed by atoms with E-state index in [0.29, 0.717) is 5.95 Å². The molecule has 0 amide bonds. The Hall–Kier alpha value is -1.69. The second-order valence-electron chi connectivity index (χ2n) is 6.32. The van der Waals surface area contributed by atoms with Gasteiger partial charge in [-0.15, -0.1) is 11.3 Å². The Morgan fingerprint density at radius 1 is 1.24 bits per heavy atom. The van der Waals surface area contributed by atoms with Crippen molar-refractivity contribution in [2.24, 2.45) is 0 Å². The maximum absolute atomic E-state index is 4.74. The van der Waals surface area contributed by atoms with Gasteiger partial charge in [-0.1, -0.05) is 20.8 Å². The maximum Gasteiger partial charge on any atom is 0.226 e. The van der Waals surface area contributed by atoms with Gasteiger partial charge in [-0.25, -0.2) is 9.97 Å². The number of hydrogen-bond acceptors (Lipinski definition) is 6. The van der Waals surface area contributed by atoms with E-state index in [1.165, 1.54) is 0 Å². The molecule has 0 radical (unpaired) electrons. The summed E-state index contributed by atoms with van der Waals surface area (Å²) in [6, 6.07) is 2.00. The third-order valence-electron chi connectivity index (χ3n) is 3.07. The lowest BCUT2D eigenvalue weighted by Gasteiger charge is -2.16. The quantitative estimate of drug-likeness (QED) is 0.937. The molecular formula is C15H23N5S. The molecule has 0 saturated carbocycles. The molecule has 0 spiro atoms. The van der Waals surface area contributed by atoms with Crippen molar-refractivity contribution in [2.45, 2.75) is 39.2 Å². The van der Waals surface area contributed by atoms with Crippen LogP contribution < -0.4 is 10.2 Å². The van der Waals surface area contributed by atoms with Gasteiger partial charge in [-0.2, -0.15) is 4.98 Å². The van der Waals surface area contributed by atoms with Crippen LogP contribution >= 0.6 is 11.3 Å². The summed E-state index contributed by atoms with van der Waals surface area (Å²) in [5, 5.41) is 6.60. The molecule has 2 heterocycles. The van der Waals surface area contributed by atoms with Crippen molar-refractivity contribution in [3.05, 3.63) is 28.3 Å². The summed E-state index contributed by atoms with van der Waals surface area (Å²) in [5.41, 5.74) is 1.22. The van der Waals surface area contributed by atoms with Gasteiger partial charge in [0.25, 0.3) is 0 Å². The molecule has 0 bridgehead atoms. The topological polar surface area (TPSA) is 53.9 Å². The summed E-state index contributed by atoms with van der Waals surface area (Å²) in [6.45, 7) is 8.63. The summed E-state index contributed by atoms with van der Waals surface area (Å²) < 4.78 is 0. The van der Waals surface area contributed by atoms with Crippen LogP contribution in [0.3, 0.4) is 0 Å². The lowest BCUT2D eigenvalue weighted by atomic mass is 9.93. The molecule has 21 heavy (non-hydrogen) atoms. The molecular weight excluding hydrogens is 282 g/mol. The van der Waals surface area contributed by atoms with Crippen LogP contribution in [0.15, 0.2) is 17.6 Å². The normalized spacial score (nSPS) is 13.0. The SMILES string of the molecule is CC(Nc1ccnc(N(C)C)n1)c1nc(C(C)(C)C)cs1. The Morgan fingerprint density at radius 3 is 2.52 bits per heavy atom. The fourth-order valence-corrected chi connectivity index (χ4v) is 2.81. The van der Waals surface area contributed by atoms with Gasteiger partial charge < -0.3 is 10.2 Å². The summed E-state index contributed by atoms with van der Waals surface area (Å²) in [4.78, 5) is 15.3.